The second-order valence-corrected chi connectivity index (χ2v) is 4.80. The Morgan fingerprint density at radius 2 is 2.14 bits per heavy atom. The average molecular weight is 198 g/mol. The summed E-state index contributed by atoms with van der Waals surface area (Å²) >= 11 is 0. The number of nitrogens with one attached hydrogen (secondary N) is 1. The van der Waals surface area contributed by atoms with Gasteiger partial charge in [0.05, 0.1) is 0 Å². The van der Waals surface area contributed by atoms with Crippen LogP contribution in [-0.4, -0.2) is 37.6 Å². The molecule has 1 saturated carbocycles. The minimum Gasteiger partial charge on any atom is -0.313 e. The van der Waals surface area contributed by atoms with Crippen molar-refractivity contribution in [3.05, 3.63) is 0 Å². The van der Waals surface area contributed by atoms with E-state index in [9.17, 15) is 0 Å². The van der Waals surface area contributed by atoms with Crippen LogP contribution in [0.15, 0.2) is 0 Å². The van der Waals surface area contributed by atoms with Gasteiger partial charge in [-0.05, 0) is 39.4 Å². The molecule has 0 aromatic heterocycles. The van der Waals surface area contributed by atoms with Crippen LogP contribution in [-0.2, 0) is 0 Å². The second-order valence-electron chi connectivity index (χ2n) is 4.80. The van der Waals surface area contributed by atoms with Crippen molar-refractivity contribution in [3.8, 4) is 0 Å². The lowest BCUT2D eigenvalue weighted by Crippen LogP contribution is -2.38. The van der Waals surface area contributed by atoms with Gasteiger partial charge < -0.3 is 10.2 Å². The Labute approximate surface area is 89.1 Å². The highest BCUT2D eigenvalue weighted by molar-refractivity contribution is 4.72. The molecule has 2 heteroatoms. The van der Waals surface area contributed by atoms with Crippen molar-refractivity contribution < 1.29 is 0 Å². The molecule has 0 aliphatic heterocycles. The molecule has 2 nitrogen and oxygen atoms in total. The summed E-state index contributed by atoms with van der Waals surface area (Å²) in [5.74, 6) is 1.04. The fourth-order valence-corrected chi connectivity index (χ4v) is 1.98. The van der Waals surface area contributed by atoms with E-state index in [4.69, 9.17) is 0 Å². The highest BCUT2D eigenvalue weighted by atomic mass is 15.1. The van der Waals surface area contributed by atoms with Crippen LogP contribution >= 0.6 is 0 Å². The van der Waals surface area contributed by atoms with Crippen LogP contribution in [0, 0.1) is 5.92 Å². The predicted octanol–water partition coefficient (Wildman–Crippen LogP) is 2.11. The molecule has 1 aliphatic carbocycles. The van der Waals surface area contributed by atoms with E-state index >= 15 is 0 Å². The molecular formula is C12H26N2. The van der Waals surface area contributed by atoms with Gasteiger partial charge in [-0.1, -0.05) is 26.2 Å². The van der Waals surface area contributed by atoms with E-state index in [2.05, 4.69) is 31.1 Å². The maximum atomic E-state index is 3.61. The molecule has 1 atom stereocenters. The van der Waals surface area contributed by atoms with Crippen LogP contribution in [0.1, 0.15) is 39.5 Å². The molecule has 14 heavy (non-hydrogen) atoms. The third kappa shape index (κ3) is 4.43. The number of rotatable bonds is 7. The van der Waals surface area contributed by atoms with E-state index in [0.717, 1.165) is 12.5 Å². The van der Waals surface area contributed by atoms with E-state index in [-0.39, 0.29) is 0 Å². The van der Waals surface area contributed by atoms with Gasteiger partial charge in [-0.3, -0.25) is 0 Å². The molecule has 0 radical (unpaired) electrons. The fourth-order valence-electron chi connectivity index (χ4n) is 1.98. The van der Waals surface area contributed by atoms with Gasteiger partial charge >= 0.3 is 0 Å². The third-order valence-corrected chi connectivity index (χ3v) is 3.40. The van der Waals surface area contributed by atoms with Gasteiger partial charge in [0, 0.05) is 12.6 Å². The van der Waals surface area contributed by atoms with Gasteiger partial charge in [-0.2, -0.15) is 0 Å². The molecule has 1 rings (SSSR count). The first-order chi connectivity index (χ1) is 6.72. The normalized spacial score (nSPS) is 19.7. The Morgan fingerprint density at radius 3 is 2.64 bits per heavy atom. The van der Waals surface area contributed by atoms with E-state index in [1.807, 2.05) is 0 Å². The maximum Gasteiger partial charge on any atom is 0.0166 e. The Morgan fingerprint density at radius 1 is 1.43 bits per heavy atom. The van der Waals surface area contributed by atoms with Crippen molar-refractivity contribution in [1.82, 2.24) is 10.2 Å². The Hall–Kier alpha value is -0.0800. The van der Waals surface area contributed by atoms with Crippen molar-refractivity contribution in [2.75, 3.05) is 26.7 Å². The summed E-state index contributed by atoms with van der Waals surface area (Å²) in [6.45, 7) is 8.02. The first kappa shape index (κ1) is 12.0. The number of nitrogens with zero attached hydrogens (tertiary/aromatic N) is 1. The summed E-state index contributed by atoms with van der Waals surface area (Å²) in [7, 11) is 2.18. The molecule has 0 bridgehead atoms. The zero-order valence-electron chi connectivity index (χ0n) is 10.1. The molecule has 1 fully saturated rings. The smallest absolute Gasteiger partial charge is 0.0166 e. The van der Waals surface area contributed by atoms with E-state index < -0.39 is 0 Å². The first-order valence-corrected chi connectivity index (χ1v) is 6.14. The first-order valence-electron chi connectivity index (χ1n) is 6.14. The van der Waals surface area contributed by atoms with Crippen molar-refractivity contribution in [3.63, 3.8) is 0 Å². The summed E-state index contributed by atoms with van der Waals surface area (Å²) in [6.07, 6.45) is 5.81. The van der Waals surface area contributed by atoms with Gasteiger partial charge in [0.25, 0.3) is 0 Å². The van der Waals surface area contributed by atoms with Crippen molar-refractivity contribution >= 4 is 0 Å². The number of hydrogen-bond donors (Lipinski definition) is 1. The molecular weight excluding hydrogens is 172 g/mol. The molecule has 0 spiro atoms. The lowest BCUT2D eigenvalue weighted by atomic mass is 9.83. The van der Waals surface area contributed by atoms with Crippen LogP contribution in [0.4, 0.5) is 0 Å². The summed E-state index contributed by atoms with van der Waals surface area (Å²) in [5, 5.41) is 3.61. The number of hydrogen-bond acceptors (Lipinski definition) is 2. The summed E-state index contributed by atoms with van der Waals surface area (Å²) in [5.41, 5.74) is 0. The summed E-state index contributed by atoms with van der Waals surface area (Å²) in [6, 6.07) is 0.639. The Balaban J connectivity index is 1.93. The van der Waals surface area contributed by atoms with E-state index in [1.54, 1.807) is 0 Å². The standard InChI is InChI=1S/C12H26N2/c1-4-14(3)10-11(2)13-9-8-12-6-5-7-12/h11-13H,4-10H2,1-3H3. The van der Waals surface area contributed by atoms with Crippen LogP contribution in [0.25, 0.3) is 0 Å². The molecule has 0 saturated heterocycles. The molecule has 1 aliphatic rings. The van der Waals surface area contributed by atoms with E-state index in [1.165, 1.54) is 38.8 Å². The van der Waals surface area contributed by atoms with Crippen molar-refractivity contribution in [2.24, 2.45) is 5.92 Å². The minimum atomic E-state index is 0.639. The predicted molar refractivity (Wildman–Crippen MR) is 62.6 cm³/mol. The van der Waals surface area contributed by atoms with Gasteiger partial charge in [-0.15, -0.1) is 0 Å². The lowest BCUT2D eigenvalue weighted by molar-refractivity contribution is 0.273. The molecule has 1 unspecified atom stereocenters. The molecule has 1 N–H and O–H groups in total. The molecule has 84 valence electrons. The zero-order valence-corrected chi connectivity index (χ0v) is 10.1. The quantitative estimate of drug-likeness (QED) is 0.674. The SMILES string of the molecule is CCN(C)CC(C)NCCC1CCC1. The highest BCUT2D eigenvalue weighted by Crippen LogP contribution is 2.28. The average Bonchev–Trinajstić information content (AvgIpc) is 2.09. The van der Waals surface area contributed by atoms with E-state index in [0.29, 0.717) is 6.04 Å². The molecule has 0 aromatic rings. The third-order valence-electron chi connectivity index (χ3n) is 3.40. The van der Waals surface area contributed by atoms with Gasteiger partial charge in [0.15, 0.2) is 0 Å². The van der Waals surface area contributed by atoms with Gasteiger partial charge in [0.1, 0.15) is 0 Å². The molecule has 0 amide bonds. The molecule has 0 heterocycles. The molecule has 0 aromatic carbocycles. The highest BCUT2D eigenvalue weighted by Gasteiger charge is 2.16. The number of likely N-dealkylation sites (N-methyl/N-ethyl adjacent to an activating group) is 1. The summed E-state index contributed by atoms with van der Waals surface area (Å²) < 4.78 is 0. The maximum absolute atomic E-state index is 3.61. The van der Waals surface area contributed by atoms with Crippen LogP contribution in [0.5, 0.6) is 0 Å². The van der Waals surface area contributed by atoms with Crippen LogP contribution in [0.3, 0.4) is 0 Å². The zero-order chi connectivity index (χ0) is 10.4. The monoisotopic (exact) mass is 198 g/mol. The lowest BCUT2D eigenvalue weighted by Gasteiger charge is -2.27. The van der Waals surface area contributed by atoms with Crippen molar-refractivity contribution in [2.45, 2.75) is 45.6 Å². The van der Waals surface area contributed by atoms with Crippen LogP contribution < -0.4 is 5.32 Å². The Kier molecular flexibility index (Phi) is 5.49. The van der Waals surface area contributed by atoms with Gasteiger partial charge in [-0.25, -0.2) is 0 Å². The van der Waals surface area contributed by atoms with Crippen LogP contribution in [0.2, 0.25) is 0 Å². The van der Waals surface area contributed by atoms with Crippen molar-refractivity contribution in [1.29, 1.82) is 0 Å². The summed E-state index contributed by atoms with van der Waals surface area (Å²) in [4.78, 5) is 2.36. The van der Waals surface area contributed by atoms with Gasteiger partial charge in [0.2, 0.25) is 0 Å². The fraction of sp³-hybridized carbons (Fsp3) is 1.00. The largest absolute Gasteiger partial charge is 0.313 e. The second kappa shape index (κ2) is 6.41. The topological polar surface area (TPSA) is 15.3 Å². The minimum absolute atomic E-state index is 0.639. The Bertz CT molecular complexity index is 143.